The predicted molar refractivity (Wildman–Crippen MR) is 74.3 cm³/mol. The average Bonchev–Trinajstić information content (AvgIpc) is 2.45. The van der Waals surface area contributed by atoms with Crippen molar-refractivity contribution in [3.63, 3.8) is 0 Å². The van der Waals surface area contributed by atoms with E-state index >= 15 is 0 Å². The Morgan fingerprint density at radius 2 is 1.95 bits per heavy atom. The number of carboxylic acid groups (broad SMARTS) is 1. The van der Waals surface area contributed by atoms with E-state index in [-0.39, 0.29) is 19.5 Å². The van der Waals surface area contributed by atoms with Crippen molar-refractivity contribution in [2.45, 2.75) is 13.3 Å². The third kappa shape index (κ3) is 4.28. The zero-order valence-electron chi connectivity index (χ0n) is 11.3. The van der Waals surface area contributed by atoms with Crippen molar-refractivity contribution in [3.8, 4) is 6.07 Å². The number of hydrogen-bond acceptors (Lipinski definition) is 3. The molecule has 0 aliphatic carbocycles. The number of nitrogens with zero attached hydrogens (tertiary/aromatic N) is 3. The predicted octanol–water partition coefficient (Wildman–Crippen LogP) is 1.93. The highest BCUT2D eigenvalue weighted by molar-refractivity contribution is 5.93. The van der Waals surface area contributed by atoms with Crippen LogP contribution in [0.15, 0.2) is 30.3 Å². The Labute approximate surface area is 117 Å². The number of carbonyl (C=O) groups is 2. The number of carbonyl (C=O) groups excluding carboxylic acids is 1. The Morgan fingerprint density at radius 3 is 2.45 bits per heavy atom. The summed E-state index contributed by atoms with van der Waals surface area (Å²) in [5.41, 5.74) is 0.650. The smallest absolute Gasteiger partial charge is 0.325 e. The molecule has 0 heterocycles. The van der Waals surface area contributed by atoms with Gasteiger partial charge in [0.05, 0.1) is 12.5 Å². The van der Waals surface area contributed by atoms with Crippen molar-refractivity contribution in [1.29, 1.82) is 5.26 Å². The second kappa shape index (κ2) is 7.79. The van der Waals surface area contributed by atoms with Crippen molar-refractivity contribution in [2.24, 2.45) is 0 Å². The first kappa shape index (κ1) is 15.5. The van der Waals surface area contributed by atoms with E-state index in [9.17, 15) is 9.59 Å². The minimum absolute atomic E-state index is 0.186. The fourth-order valence-corrected chi connectivity index (χ4v) is 1.75. The summed E-state index contributed by atoms with van der Waals surface area (Å²) < 4.78 is 0. The standard InChI is InChI=1S/C14H17N3O3/c1-2-16(11-13(18)19)14(20)17(10-6-9-15)12-7-4-3-5-8-12/h3-5,7-8H,2,6,10-11H2,1H3,(H,18,19). The van der Waals surface area contributed by atoms with E-state index in [1.54, 1.807) is 31.2 Å². The zero-order chi connectivity index (χ0) is 15.0. The Morgan fingerprint density at radius 1 is 1.30 bits per heavy atom. The van der Waals surface area contributed by atoms with Gasteiger partial charge in [-0.3, -0.25) is 9.69 Å². The quantitative estimate of drug-likeness (QED) is 0.859. The third-order valence-electron chi connectivity index (χ3n) is 2.72. The second-order valence-corrected chi connectivity index (χ2v) is 4.09. The van der Waals surface area contributed by atoms with Gasteiger partial charge in [0.15, 0.2) is 0 Å². The van der Waals surface area contributed by atoms with E-state index in [0.717, 1.165) is 0 Å². The van der Waals surface area contributed by atoms with Crippen LogP contribution in [0.25, 0.3) is 0 Å². The number of rotatable bonds is 6. The Kier molecular flexibility index (Phi) is 6.04. The molecular weight excluding hydrogens is 258 g/mol. The molecule has 20 heavy (non-hydrogen) atoms. The molecule has 0 saturated heterocycles. The number of hydrogen-bond donors (Lipinski definition) is 1. The van der Waals surface area contributed by atoms with Crippen LogP contribution in [0.1, 0.15) is 13.3 Å². The fourth-order valence-electron chi connectivity index (χ4n) is 1.75. The monoisotopic (exact) mass is 275 g/mol. The number of para-hydroxylation sites is 1. The normalized spacial score (nSPS) is 9.60. The number of urea groups is 1. The molecule has 0 fully saturated rings. The van der Waals surface area contributed by atoms with Gasteiger partial charge in [0.1, 0.15) is 6.54 Å². The minimum atomic E-state index is -1.06. The maximum atomic E-state index is 12.4. The molecule has 0 saturated carbocycles. The van der Waals surface area contributed by atoms with E-state index in [2.05, 4.69) is 0 Å². The van der Waals surface area contributed by atoms with Crippen LogP contribution in [0.2, 0.25) is 0 Å². The van der Waals surface area contributed by atoms with Crippen LogP contribution in [0.4, 0.5) is 10.5 Å². The average molecular weight is 275 g/mol. The molecule has 0 spiro atoms. The molecule has 6 heteroatoms. The molecular formula is C14H17N3O3. The van der Waals surface area contributed by atoms with Crippen LogP contribution in [0, 0.1) is 11.3 Å². The molecule has 0 unspecified atom stereocenters. The van der Waals surface area contributed by atoms with Gasteiger partial charge >= 0.3 is 12.0 Å². The summed E-state index contributed by atoms with van der Waals surface area (Å²) in [6, 6.07) is 10.5. The van der Waals surface area contributed by atoms with Crippen LogP contribution in [-0.2, 0) is 4.79 Å². The number of amides is 2. The van der Waals surface area contributed by atoms with Crippen molar-refractivity contribution < 1.29 is 14.7 Å². The fraction of sp³-hybridized carbons (Fsp3) is 0.357. The number of carboxylic acids is 1. The van der Waals surface area contributed by atoms with E-state index in [1.165, 1.54) is 9.80 Å². The first-order valence-corrected chi connectivity index (χ1v) is 6.30. The largest absolute Gasteiger partial charge is 0.480 e. The Hall–Kier alpha value is -2.55. The van der Waals surface area contributed by atoms with Gasteiger partial charge in [-0.05, 0) is 19.1 Å². The molecule has 1 aromatic carbocycles. The van der Waals surface area contributed by atoms with Crippen LogP contribution in [0.5, 0.6) is 0 Å². The summed E-state index contributed by atoms with van der Waals surface area (Å²) in [7, 11) is 0. The number of benzene rings is 1. The first-order valence-electron chi connectivity index (χ1n) is 6.30. The van der Waals surface area contributed by atoms with Gasteiger partial charge in [0.25, 0.3) is 0 Å². The van der Waals surface area contributed by atoms with E-state index in [4.69, 9.17) is 10.4 Å². The van der Waals surface area contributed by atoms with Crippen molar-refractivity contribution in [1.82, 2.24) is 4.90 Å². The van der Waals surface area contributed by atoms with E-state index < -0.39 is 12.0 Å². The number of aliphatic carboxylic acids is 1. The number of nitriles is 1. The van der Waals surface area contributed by atoms with Gasteiger partial charge in [-0.25, -0.2) is 4.79 Å². The second-order valence-electron chi connectivity index (χ2n) is 4.09. The Balaban J connectivity index is 2.95. The van der Waals surface area contributed by atoms with Crippen LogP contribution in [0.3, 0.4) is 0 Å². The van der Waals surface area contributed by atoms with Crippen LogP contribution >= 0.6 is 0 Å². The zero-order valence-corrected chi connectivity index (χ0v) is 11.3. The summed E-state index contributed by atoms with van der Waals surface area (Å²) in [6.45, 7) is 1.88. The molecule has 1 aromatic rings. The number of likely N-dealkylation sites (N-methyl/N-ethyl adjacent to an activating group) is 1. The minimum Gasteiger partial charge on any atom is -0.480 e. The molecule has 106 valence electrons. The lowest BCUT2D eigenvalue weighted by Crippen LogP contribution is -2.45. The van der Waals surface area contributed by atoms with Crippen molar-refractivity contribution in [3.05, 3.63) is 30.3 Å². The van der Waals surface area contributed by atoms with Gasteiger partial charge in [0, 0.05) is 18.8 Å². The lowest BCUT2D eigenvalue weighted by molar-refractivity contribution is -0.137. The van der Waals surface area contributed by atoms with E-state index in [0.29, 0.717) is 12.2 Å². The molecule has 0 aliphatic heterocycles. The van der Waals surface area contributed by atoms with Gasteiger partial charge in [-0.2, -0.15) is 5.26 Å². The summed E-state index contributed by atoms with van der Waals surface area (Å²) in [5.74, 6) is -1.06. The highest BCUT2D eigenvalue weighted by atomic mass is 16.4. The first-order chi connectivity index (χ1) is 9.60. The van der Waals surface area contributed by atoms with Crippen LogP contribution in [-0.4, -0.2) is 41.6 Å². The highest BCUT2D eigenvalue weighted by Gasteiger charge is 2.22. The van der Waals surface area contributed by atoms with E-state index in [1.807, 2.05) is 12.1 Å². The summed E-state index contributed by atoms with van der Waals surface area (Å²) >= 11 is 0. The molecule has 6 nitrogen and oxygen atoms in total. The lowest BCUT2D eigenvalue weighted by atomic mass is 10.2. The lowest BCUT2D eigenvalue weighted by Gasteiger charge is -2.28. The molecule has 0 radical (unpaired) electrons. The molecule has 0 bridgehead atoms. The summed E-state index contributed by atoms with van der Waals surface area (Å²) in [5, 5.41) is 17.5. The number of anilines is 1. The summed E-state index contributed by atoms with van der Waals surface area (Å²) in [6.07, 6.45) is 0.186. The molecule has 0 atom stereocenters. The molecule has 1 rings (SSSR count). The maximum absolute atomic E-state index is 12.4. The van der Waals surface area contributed by atoms with Crippen LogP contribution < -0.4 is 4.90 Å². The van der Waals surface area contributed by atoms with Gasteiger partial charge in [-0.15, -0.1) is 0 Å². The third-order valence-corrected chi connectivity index (χ3v) is 2.72. The Bertz CT molecular complexity index is 496. The molecule has 0 aromatic heterocycles. The SMILES string of the molecule is CCN(CC(=O)O)C(=O)N(CCC#N)c1ccccc1. The van der Waals surface area contributed by atoms with Gasteiger partial charge in [0.2, 0.25) is 0 Å². The highest BCUT2D eigenvalue weighted by Crippen LogP contribution is 2.16. The molecule has 1 N–H and O–H groups in total. The van der Waals surface area contributed by atoms with Gasteiger partial charge < -0.3 is 10.0 Å². The van der Waals surface area contributed by atoms with Gasteiger partial charge in [-0.1, -0.05) is 18.2 Å². The van der Waals surface area contributed by atoms with Crippen molar-refractivity contribution in [2.75, 3.05) is 24.5 Å². The summed E-state index contributed by atoms with van der Waals surface area (Å²) in [4.78, 5) is 25.8. The molecule has 0 aliphatic rings. The topological polar surface area (TPSA) is 84.6 Å². The molecule has 2 amide bonds. The maximum Gasteiger partial charge on any atom is 0.325 e. The van der Waals surface area contributed by atoms with Crippen molar-refractivity contribution >= 4 is 17.7 Å².